The van der Waals surface area contributed by atoms with E-state index in [4.69, 9.17) is 4.98 Å². The summed E-state index contributed by atoms with van der Waals surface area (Å²) in [4.78, 5) is 28.1. The van der Waals surface area contributed by atoms with Crippen LogP contribution in [0.5, 0.6) is 0 Å². The van der Waals surface area contributed by atoms with Crippen LogP contribution < -0.4 is 5.32 Å². The maximum Gasteiger partial charge on any atom is 0.253 e. The molecule has 0 bridgehead atoms. The third-order valence-corrected chi connectivity index (χ3v) is 5.06. The van der Waals surface area contributed by atoms with E-state index in [-0.39, 0.29) is 11.8 Å². The van der Waals surface area contributed by atoms with Gasteiger partial charge in [-0.05, 0) is 49.6 Å². The molecule has 142 valence electrons. The van der Waals surface area contributed by atoms with Gasteiger partial charge in [-0.3, -0.25) is 4.79 Å². The molecule has 0 spiro atoms. The number of amides is 1. The average Bonchev–Trinajstić information content (AvgIpc) is 2.76. The summed E-state index contributed by atoms with van der Waals surface area (Å²) in [6.45, 7) is 3.45. The lowest BCUT2D eigenvalue weighted by molar-refractivity contribution is 0.0706. The summed E-state index contributed by atoms with van der Waals surface area (Å²) < 4.78 is 0. The lowest BCUT2D eigenvalue weighted by Gasteiger charge is -2.32. The Balaban J connectivity index is 1.49. The molecule has 0 saturated carbocycles. The summed E-state index contributed by atoms with van der Waals surface area (Å²) in [5.74, 6) is 1.58. The van der Waals surface area contributed by atoms with Crippen LogP contribution in [-0.2, 0) is 0 Å². The Labute approximate surface area is 164 Å². The number of piperidine rings is 1. The predicted molar refractivity (Wildman–Crippen MR) is 109 cm³/mol. The Hall–Kier alpha value is -3.28. The van der Waals surface area contributed by atoms with Gasteiger partial charge >= 0.3 is 0 Å². The van der Waals surface area contributed by atoms with Crippen LogP contribution in [0.2, 0.25) is 0 Å². The number of carbonyl (C=O) groups is 1. The van der Waals surface area contributed by atoms with E-state index in [0.717, 1.165) is 42.0 Å². The van der Waals surface area contributed by atoms with Crippen molar-refractivity contribution in [2.45, 2.75) is 25.7 Å². The summed E-state index contributed by atoms with van der Waals surface area (Å²) in [5, 5.41) is 3.20. The molecule has 3 aromatic rings. The summed E-state index contributed by atoms with van der Waals surface area (Å²) in [5.41, 5.74) is 2.73. The van der Waals surface area contributed by atoms with E-state index < -0.39 is 0 Å². The van der Waals surface area contributed by atoms with Crippen LogP contribution in [0.15, 0.2) is 60.9 Å². The number of likely N-dealkylation sites (tertiary alicyclic amines) is 1. The second kappa shape index (κ2) is 8.17. The van der Waals surface area contributed by atoms with Gasteiger partial charge in [-0.25, -0.2) is 15.0 Å². The molecule has 1 atom stereocenters. The second-order valence-electron chi connectivity index (χ2n) is 7.06. The maximum atomic E-state index is 12.8. The third-order valence-electron chi connectivity index (χ3n) is 5.06. The van der Waals surface area contributed by atoms with Crippen molar-refractivity contribution in [2.75, 3.05) is 18.4 Å². The monoisotopic (exact) mass is 373 g/mol. The number of nitrogens with zero attached hydrogens (tertiary/aromatic N) is 4. The van der Waals surface area contributed by atoms with Gasteiger partial charge in [0.15, 0.2) is 0 Å². The minimum absolute atomic E-state index is 0.0850. The molecule has 1 aliphatic heterocycles. The Morgan fingerprint density at radius 3 is 2.75 bits per heavy atom. The standard InChI is InChI=1S/C22H23N5O/c1-16-7-5-12-23-20(16)26-22-24-13-11-19(25-22)18-10-6-14-27(15-18)21(28)17-8-3-2-4-9-17/h2-5,7-9,11-13,18H,6,10,14-15H2,1H3,(H,23,24,25,26)/t18-/m0/s1. The fourth-order valence-corrected chi connectivity index (χ4v) is 3.55. The van der Waals surface area contributed by atoms with E-state index in [1.807, 2.05) is 60.4 Å². The van der Waals surface area contributed by atoms with Crippen molar-refractivity contribution < 1.29 is 4.79 Å². The minimum atomic E-state index is 0.0850. The lowest BCUT2D eigenvalue weighted by Crippen LogP contribution is -2.39. The molecule has 28 heavy (non-hydrogen) atoms. The molecule has 1 fully saturated rings. The van der Waals surface area contributed by atoms with Crippen LogP contribution in [0.25, 0.3) is 0 Å². The first-order chi connectivity index (χ1) is 13.7. The highest BCUT2D eigenvalue weighted by Gasteiger charge is 2.26. The molecule has 6 heteroatoms. The summed E-state index contributed by atoms with van der Waals surface area (Å²) in [7, 11) is 0. The molecular weight excluding hydrogens is 350 g/mol. The first-order valence-corrected chi connectivity index (χ1v) is 9.56. The van der Waals surface area contributed by atoms with Crippen molar-refractivity contribution in [1.29, 1.82) is 0 Å². The number of aryl methyl sites for hydroxylation is 1. The van der Waals surface area contributed by atoms with Gasteiger partial charge in [0.2, 0.25) is 5.95 Å². The van der Waals surface area contributed by atoms with Gasteiger partial charge in [0.25, 0.3) is 5.91 Å². The molecule has 6 nitrogen and oxygen atoms in total. The van der Waals surface area contributed by atoms with E-state index in [2.05, 4.69) is 15.3 Å². The molecule has 0 aliphatic carbocycles. The van der Waals surface area contributed by atoms with Gasteiger partial charge in [0.1, 0.15) is 5.82 Å². The second-order valence-corrected chi connectivity index (χ2v) is 7.06. The van der Waals surface area contributed by atoms with Crippen molar-refractivity contribution in [1.82, 2.24) is 19.9 Å². The number of rotatable bonds is 4. The number of hydrogen-bond acceptors (Lipinski definition) is 5. The molecule has 0 unspecified atom stereocenters. The molecule has 0 radical (unpaired) electrons. The normalized spacial score (nSPS) is 16.6. The fraction of sp³-hybridized carbons (Fsp3) is 0.273. The molecule has 1 N–H and O–H groups in total. The van der Waals surface area contributed by atoms with Gasteiger partial charge in [0.05, 0.1) is 5.69 Å². The highest BCUT2D eigenvalue weighted by atomic mass is 16.2. The summed E-state index contributed by atoms with van der Waals surface area (Å²) >= 11 is 0. The van der Waals surface area contributed by atoms with Crippen LogP contribution in [0.3, 0.4) is 0 Å². The number of aromatic nitrogens is 3. The van der Waals surface area contributed by atoms with Crippen molar-refractivity contribution in [3.05, 3.63) is 77.7 Å². The van der Waals surface area contributed by atoms with Crippen LogP contribution >= 0.6 is 0 Å². The van der Waals surface area contributed by atoms with Crippen LogP contribution in [0, 0.1) is 6.92 Å². The highest BCUT2D eigenvalue weighted by Crippen LogP contribution is 2.27. The SMILES string of the molecule is Cc1cccnc1Nc1nccc([C@H]2CCCN(C(=O)c3ccccc3)C2)n1. The van der Waals surface area contributed by atoms with E-state index in [1.54, 1.807) is 12.4 Å². The number of pyridine rings is 1. The van der Waals surface area contributed by atoms with Gasteiger partial charge in [-0.2, -0.15) is 0 Å². The van der Waals surface area contributed by atoms with Crippen LogP contribution in [0.4, 0.5) is 11.8 Å². The Morgan fingerprint density at radius 1 is 1.07 bits per heavy atom. The largest absolute Gasteiger partial charge is 0.338 e. The number of carbonyl (C=O) groups excluding carboxylic acids is 1. The topological polar surface area (TPSA) is 71.0 Å². The van der Waals surface area contributed by atoms with Crippen molar-refractivity contribution in [2.24, 2.45) is 0 Å². The lowest BCUT2D eigenvalue weighted by atomic mass is 9.94. The third kappa shape index (κ3) is 4.01. The number of nitrogens with one attached hydrogen (secondary N) is 1. The summed E-state index contributed by atoms with van der Waals surface area (Å²) in [6.07, 6.45) is 5.49. The van der Waals surface area contributed by atoms with Gasteiger partial charge in [0, 0.05) is 37.0 Å². The van der Waals surface area contributed by atoms with Gasteiger partial charge < -0.3 is 10.2 Å². The first kappa shape index (κ1) is 18.1. The average molecular weight is 373 g/mol. The Bertz CT molecular complexity index is 960. The molecule has 1 aliphatic rings. The molecule has 2 aromatic heterocycles. The molecule has 1 saturated heterocycles. The van der Waals surface area contributed by atoms with Gasteiger partial charge in [-0.15, -0.1) is 0 Å². The molecule has 4 rings (SSSR count). The van der Waals surface area contributed by atoms with Crippen molar-refractivity contribution >= 4 is 17.7 Å². The molecule has 1 amide bonds. The van der Waals surface area contributed by atoms with Crippen molar-refractivity contribution in [3.63, 3.8) is 0 Å². The van der Waals surface area contributed by atoms with E-state index in [0.29, 0.717) is 12.5 Å². The first-order valence-electron chi connectivity index (χ1n) is 9.56. The zero-order valence-corrected chi connectivity index (χ0v) is 15.9. The quantitative estimate of drug-likeness (QED) is 0.750. The van der Waals surface area contributed by atoms with Crippen molar-refractivity contribution in [3.8, 4) is 0 Å². The zero-order chi connectivity index (χ0) is 19.3. The Morgan fingerprint density at radius 2 is 1.93 bits per heavy atom. The minimum Gasteiger partial charge on any atom is -0.338 e. The Kier molecular flexibility index (Phi) is 5.28. The number of anilines is 2. The van der Waals surface area contributed by atoms with Gasteiger partial charge in [-0.1, -0.05) is 24.3 Å². The van der Waals surface area contributed by atoms with Crippen LogP contribution in [-0.4, -0.2) is 38.8 Å². The predicted octanol–water partition coefficient (Wildman–Crippen LogP) is 3.94. The number of benzene rings is 1. The van der Waals surface area contributed by atoms with E-state index in [1.165, 1.54) is 0 Å². The smallest absolute Gasteiger partial charge is 0.253 e. The molecule has 3 heterocycles. The maximum absolute atomic E-state index is 12.8. The highest BCUT2D eigenvalue weighted by molar-refractivity contribution is 5.94. The zero-order valence-electron chi connectivity index (χ0n) is 15.9. The molecule has 1 aromatic carbocycles. The number of hydrogen-bond donors (Lipinski definition) is 1. The molecular formula is C22H23N5O. The fourth-order valence-electron chi connectivity index (χ4n) is 3.55. The van der Waals surface area contributed by atoms with E-state index in [9.17, 15) is 4.79 Å². The van der Waals surface area contributed by atoms with E-state index >= 15 is 0 Å². The van der Waals surface area contributed by atoms with Crippen LogP contribution in [0.1, 0.15) is 40.4 Å². The summed E-state index contributed by atoms with van der Waals surface area (Å²) in [6, 6.07) is 15.3.